The first-order chi connectivity index (χ1) is 15.8. The lowest BCUT2D eigenvalue weighted by Crippen LogP contribution is -2.49. The number of pyridine rings is 1. The highest BCUT2D eigenvalue weighted by molar-refractivity contribution is 7.89. The molecule has 0 bridgehead atoms. The van der Waals surface area contributed by atoms with Crippen LogP contribution < -0.4 is 10.5 Å². The van der Waals surface area contributed by atoms with Crippen LogP contribution in [0, 0.1) is 11.6 Å². The third kappa shape index (κ3) is 2.99. The summed E-state index contributed by atoms with van der Waals surface area (Å²) >= 11 is 0. The number of H-pyrrole nitrogens is 1. The van der Waals surface area contributed by atoms with Gasteiger partial charge in [0.1, 0.15) is 11.6 Å². The highest BCUT2D eigenvalue weighted by Gasteiger charge is 2.33. The SMILES string of the molecule is O=c1[nH]c2ccc(S(=O)(=O)N3CCN(c4ccc(F)cc4F)CC3)c3c2c2c(cccc12)C3. The summed E-state index contributed by atoms with van der Waals surface area (Å²) in [4.78, 5) is 17.3. The fourth-order valence-corrected chi connectivity index (χ4v) is 6.74. The van der Waals surface area contributed by atoms with Gasteiger partial charge < -0.3 is 9.88 Å². The predicted octanol–water partition coefficient (Wildman–Crippen LogP) is 3.37. The normalized spacial score (nSPS) is 16.4. The van der Waals surface area contributed by atoms with Crippen LogP contribution in [0.1, 0.15) is 11.1 Å². The summed E-state index contributed by atoms with van der Waals surface area (Å²) < 4.78 is 56.1. The average molecular weight is 467 g/mol. The second-order valence-electron chi connectivity index (χ2n) is 8.42. The molecule has 1 aliphatic heterocycles. The van der Waals surface area contributed by atoms with E-state index in [-0.39, 0.29) is 29.2 Å². The van der Waals surface area contributed by atoms with Gasteiger partial charge in [-0.05, 0) is 41.5 Å². The molecule has 9 heteroatoms. The standard InChI is InChI=1S/C24H19F2N3O3S/c25-15-4-6-20(18(26)13-15)28-8-10-29(11-9-28)33(31,32)21-7-5-19-23-17(21)12-14-2-1-3-16(22(14)23)24(30)27-19/h1-7,13H,8-12H2,(H,27,30). The van der Waals surface area contributed by atoms with Crippen molar-refractivity contribution >= 4 is 37.4 Å². The lowest BCUT2D eigenvalue weighted by molar-refractivity contribution is 0.383. The van der Waals surface area contributed by atoms with E-state index in [1.807, 2.05) is 12.1 Å². The van der Waals surface area contributed by atoms with E-state index in [0.717, 1.165) is 22.4 Å². The Bertz CT molecular complexity index is 1620. The number of nitrogens with one attached hydrogen (secondary N) is 1. The first-order valence-electron chi connectivity index (χ1n) is 10.6. The van der Waals surface area contributed by atoms with Crippen molar-refractivity contribution in [3.8, 4) is 0 Å². The van der Waals surface area contributed by atoms with Gasteiger partial charge in [0.05, 0.1) is 10.6 Å². The average Bonchev–Trinajstić information content (AvgIpc) is 3.19. The molecule has 2 aliphatic rings. The molecular weight excluding hydrogens is 448 g/mol. The van der Waals surface area contributed by atoms with Crippen LogP contribution in [0.4, 0.5) is 14.5 Å². The lowest BCUT2D eigenvalue weighted by Gasteiger charge is -2.35. The number of aromatic amines is 1. The second-order valence-corrected chi connectivity index (χ2v) is 10.3. The summed E-state index contributed by atoms with van der Waals surface area (Å²) in [5.41, 5.74) is 2.34. The smallest absolute Gasteiger partial charge is 0.256 e. The minimum atomic E-state index is -3.81. The van der Waals surface area contributed by atoms with Gasteiger partial charge in [-0.3, -0.25) is 4.79 Å². The van der Waals surface area contributed by atoms with Crippen molar-refractivity contribution in [1.82, 2.24) is 9.29 Å². The van der Waals surface area contributed by atoms with Gasteiger partial charge in [-0.15, -0.1) is 0 Å². The van der Waals surface area contributed by atoms with Gasteiger partial charge in [0.2, 0.25) is 10.0 Å². The Labute approximate surface area is 188 Å². The molecule has 6 nitrogen and oxygen atoms in total. The Morgan fingerprint density at radius 1 is 0.909 bits per heavy atom. The zero-order valence-corrected chi connectivity index (χ0v) is 18.3. The van der Waals surface area contributed by atoms with Crippen molar-refractivity contribution in [2.24, 2.45) is 0 Å². The Morgan fingerprint density at radius 3 is 2.45 bits per heavy atom. The number of hydrogen-bond acceptors (Lipinski definition) is 4. The van der Waals surface area contributed by atoms with Crippen molar-refractivity contribution in [1.29, 1.82) is 0 Å². The van der Waals surface area contributed by atoms with Gasteiger partial charge >= 0.3 is 0 Å². The first kappa shape index (κ1) is 20.3. The fraction of sp³-hybridized carbons (Fsp3) is 0.208. The van der Waals surface area contributed by atoms with Crippen LogP contribution in [0.25, 0.3) is 21.7 Å². The predicted molar refractivity (Wildman–Crippen MR) is 122 cm³/mol. The Hall–Kier alpha value is -3.30. The van der Waals surface area contributed by atoms with E-state index in [1.165, 1.54) is 16.4 Å². The molecule has 0 radical (unpaired) electrons. The summed E-state index contributed by atoms with van der Waals surface area (Å²) in [6.07, 6.45) is 0.441. The van der Waals surface area contributed by atoms with E-state index >= 15 is 0 Å². The van der Waals surface area contributed by atoms with Crippen LogP contribution in [0.15, 0.2) is 58.2 Å². The second kappa shape index (κ2) is 7.10. The summed E-state index contributed by atoms with van der Waals surface area (Å²) in [6, 6.07) is 12.1. The van der Waals surface area contributed by atoms with Gasteiger partial charge in [-0.25, -0.2) is 17.2 Å². The number of anilines is 1. The summed E-state index contributed by atoms with van der Waals surface area (Å²) in [5.74, 6) is -1.31. The van der Waals surface area contributed by atoms with E-state index in [0.29, 0.717) is 36.0 Å². The Balaban J connectivity index is 1.36. The number of rotatable bonds is 3. The van der Waals surface area contributed by atoms with Crippen molar-refractivity contribution in [2.45, 2.75) is 11.3 Å². The maximum Gasteiger partial charge on any atom is 0.256 e. The molecule has 0 saturated carbocycles. The van der Waals surface area contributed by atoms with Crippen LogP contribution in [0.5, 0.6) is 0 Å². The molecule has 0 atom stereocenters. The highest BCUT2D eigenvalue weighted by atomic mass is 32.2. The molecule has 0 spiro atoms. The van der Waals surface area contributed by atoms with Crippen LogP contribution >= 0.6 is 0 Å². The van der Waals surface area contributed by atoms with Gasteiger partial charge in [0.15, 0.2) is 0 Å². The van der Waals surface area contributed by atoms with Crippen LogP contribution in [-0.4, -0.2) is 43.9 Å². The summed E-state index contributed by atoms with van der Waals surface area (Å²) in [7, 11) is -3.81. The number of hydrogen-bond donors (Lipinski definition) is 1. The minimum Gasteiger partial charge on any atom is -0.367 e. The Morgan fingerprint density at radius 2 is 1.70 bits per heavy atom. The number of sulfonamides is 1. The van der Waals surface area contributed by atoms with E-state index < -0.39 is 21.7 Å². The molecule has 0 unspecified atom stereocenters. The maximum atomic E-state index is 14.2. The zero-order chi connectivity index (χ0) is 22.9. The fourth-order valence-electron chi connectivity index (χ4n) is 5.09. The molecule has 2 heterocycles. The third-order valence-electron chi connectivity index (χ3n) is 6.64. The maximum absolute atomic E-state index is 14.2. The van der Waals surface area contributed by atoms with Gasteiger partial charge in [-0.2, -0.15) is 4.31 Å². The van der Waals surface area contributed by atoms with Crippen molar-refractivity contribution < 1.29 is 17.2 Å². The van der Waals surface area contributed by atoms with E-state index in [4.69, 9.17) is 0 Å². The molecule has 0 amide bonds. The molecule has 1 fully saturated rings. The zero-order valence-electron chi connectivity index (χ0n) is 17.4. The van der Waals surface area contributed by atoms with E-state index in [2.05, 4.69) is 4.98 Å². The minimum absolute atomic E-state index is 0.185. The molecule has 6 rings (SSSR count). The number of benzene rings is 3. The van der Waals surface area contributed by atoms with Crippen molar-refractivity contribution in [3.05, 3.63) is 81.6 Å². The van der Waals surface area contributed by atoms with E-state index in [1.54, 1.807) is 23.1 Å². The van der Waals surface area contributed by atoms with E-state index in [9.17, 15) is 22.0 Å². The number of aromatic nitrogens is 1. The molecule has 3 aromatic carbocycles. The van der Waals surface area contributed by atoms with Crippen LogP contribution in [0.3, 0.4) is 0 Å². The van der Waals surface area contributed by atoms with Crippen LogP contribution in [-0.2, 0) is 16.4 Å². The quantitative estimate of drug-likeness (QED) is 0.413. The number of nitrogens with zero attached hydrogens (tertiary/aromatic N) is 2. The molecule has 1 aromatic heterocycles. The third-order valence-corrected chi connectivity index (χ3v) is 8.62. The first-order valence-corrected chi connectivity index (χ1v) is 12.1. The molecular formula is C24H19F2N3O3S. The number of halogens is 2. The molecule has 1 aliphatic carbocycles. The van der Waals surface area contributed by atoms with Gasteiger partial charge in [0.25, 0.3) is 5.56 Å². The molecule has 1 saturated heterocycles. The lowest BCUT2D eigenvalue weighted by atomic mass is 10.1. The largest absolute Gasteiger partial charge is 0.367 e. The topological polar surface area (TPSA) is 73.5 Å². The van der Waals surface area contributed by atoms with Crippen LogP contribution in [0.2, 0.25) is 0 Å². The summed E-state index contributed by atoms with van der Waals surface area (Å²) in [5, 5.41) is 2.16. The monoisotopic (exact) mass is 467 g/mol. The Kier molecular flexibility index (Phi) is 4.37. The molecule has 4 aromatic rings. The summed E-state index contributed by atoms with van der Waals surface area (Å²) in [6.45, 7) is 0.959. The number of piperazine rings is 1. The molecule has 1 N–H and O–H groups in total. The van der Waals surface area contributed by atoms with Gasteiger partial charge in [0, 0.05) is 60.3 Å². The molecule has 168 valence electrons. The van der Waals surface area contributed by atoms with Gasteiger partial charge in [-0.1, -0.05) is 12.1 Å². The molecule has 33 heavy (non-hydrogen) atoms. The van der Waals surface area contributed by atoms with Crippen molar-refractivity contribution in [2.75, 3.05) is 31.1 Å². The highest BCUT2D eigenvalue weighted by Crippen LogP contribution is 2.40. The van der Waals surface area contributed by atoms with Crippen molar-refractivity contribution in [3.63, 3.8) is 0 Å².